The van der Waals surface area contributed by atoms with Gasteiger partial charge in [-0.05, 0) is 29.8 Å². The summed E-state index contributed by atoms with van der Waals surface area (Å²) in [6.45, 7) is 1.64. The number of carbonyl (C=O) groups excluding carboxylic acids is 1. The molecule has 2 N–H and O–H groups in total. The summed E-state index contributed by atoms with van der Waals surface area (Å²) < 4.78 is 64.2. The topological polar surface area (TPSA) is 81.8 Å². The molecule has 0 aromatic heterocycles. The first-order chi connectivity index (χ1) is 14.5. The molecule has 31 heavy (non-hydrogen) atoms. The average Bonchev–Trinajstić information content (AvgIpc) is 2.71. The van der Waals surface area contributed by atoms with Gasteiger partial charge in [0.05, 0.1) is 17.5 Å². The number of alkyl halides is 3. The molecule has 0 atom stereocenters. The molecule has 2 amide bonds. The molecule has 2 aromatic rings. The zero-order valence-corrected chi connectivity index (χ0v) is 17.6. The van der Waals surface area contributed by atoms with Gasteiger partial charge in [-0.3, -0.25) is 4.72 Å². The lowest BCUT2D eigenvalue weighted by Gasteiger charge is -2.36. The molecule has 1 aliphatic rings. The lowest BCUT2D eigenvalue weighted by molar-refractivity contribution is -0.137. The fourth-order valence-corrected chi connectivity index (χ4v) is 3.90. The molecule has 1 aliphatic heterocycles. The number of para-hydroxylation sites is 1. The molecule has 7 nitrogen and oxygen atoms in total. The highest BCUT2D eigenvalue weighted by Crippen LogP contribution is 2.31. The number of rotatable bonds is 5. The number of halogens is 3. The van der Waals surface area contributed by atoms with Gasteiger partial charge in [0.15, 0.2) is 0 Å². The zero-order valence-electron chi connectivity index (χ0n) is 16.8. The van der Waals surface area contributed by atoms with Gasteiger partial charge in [0.2, 0.25) is 10.0 Å². The molecule has 1 saturated heterocycles. The van der Waals surface area contributed by atoms with Gasteiger partial charge in [-0.15, -0.1) is 0 Å². The summed E-state index contributed by atoms with van der Waals surface area (Å²) in [6, 6.07) is 11.6. The van der Waals surface area contributed by atoms with E-state index in [2.05, 4.69) is 10.0 Å². The lowest BCUT2D eigenvalue weighted by atomic mass is 10.1. The second-order valence-corrected chi connectivity index (χ2v) is 8.96. The van der Waals surface area contributed by atoms with Crippen LogP contribution in [-0.2, 0) is 22.7 Å². The number of hydrogen-bond donors (Lipinski definition) is 2. The third-order valence-electron chi connectivity index (χ3n) is 4.85. The minimum Gasteiger partial charge on any atom is -0.368 e. The van der Waals surface area contributed by atoms with Crippen molar-refractivity contribution in [2.75, 3.05) is 42.1 Å². The van der Waals surface area contributed by atoms with Gasteiger partial charge in [0, 0.05) is 38.4 Å². The van der Waals surface area contributed by atoms with E-state index < -0.39 is 21.8 Å². The van der Waals surface area contributed by atoms with Crippen LogP contribution >= 0.6 is 0 Å². The molecule has 1 fully saturated rings. The standard InChI is InChI=1S/C20H23F3N4O3S/c1-31(29,30)25-18-8-3-2-5-15(18)14-24-19(28)27-11-9-26(10-12-27)17-7-4-6-16(13-17)20(21,22)23/h2-8,13,25H,9-12,14H2,1H3,(H,24,28). The van der Waals surface area contributed by atoms with Crippen molar-refractivity contribution in [1.29, 1.82) is 0 Å². The van der Waals surface area contributed by atoms with Crippen LogP contribution in [0.25, 0.3) is 0 Å². The number of hydrogen-bond acceptors (Lipinski definition) is 4. The van der Waals surface area contributed by atoms with Crippen molar-refractivity contribution < 1.29 is 26.4 Å². The summed E-state index contributed by atoms with van der Waals surface area (Å²) in [6.07, 6.45) is -3.35. The van der Waals surface area contributed by atoms with Crippen LogP contribution in [0.5, 0.6) is 0 Å². The molecular weight excluding hydrogens is 433 g/mol. The summed E-state index contributed by atoms with van der Waals surface area (Å²) >= 11 is 0. The van der Waals surface area contributed by atoms with Crippen LogP contribution < -0.4 is 14.9 Å². The van der Waals surface area contributed by atoms with Gasteiger partial charge in [0.1, 0.15) is 0 Å². The Labute approximate surface area is 178 Å². The quantitative estimate of drug-likeness (QED) is 0.725. The Bertz CT molecular complexity index is 1040. The van der Waals surface area contributed by atoms with Gasteiger partial charge in [-0.25, -0.2) is 13.2 Å². The van der Waals surface area contributed by atoms with Gasteiger partial charge < -0.3 is 15.1 Å². The van der Waals surface area contributed by atoms with E-state index in [1.807, 2.05) is 4.90 Å². The molecule has 0 aliphatic carbocycles. The van der Waals surface area contributed by atoms with Crippen LogP contribution in [0.15, 0.2) is 48.5 Å². The van der Waals surface area contributed by atoms with Crippen LogP contribution in [0.3, 0.4) is 0 Å². The Morgan fingerprint density at radius 3 is 2.35 bits per heavy atom. The van der Waals surface area contributed by atoms with Crippen LogP contribution in [0.4, 0.5) is 29.3 Å². The molecule has 0 radical (unpaired) electrons. The van der Waals surface area contributed by atoms with Crippen LogP contribution in [0.1, 0.15) is 11.1 Å². The highest BCUT2D eigenvalue weighted by molar-refractivity contribution is 7.92. The Morgan fingerprint density at radius 2 is 1.71 bits per heavy atom. The fraction of sp³-hybridized carbons (Fsp3) is 0.350. The molecule has 0 bridgehead atoms. The summed E-state index contributed by atoms with van der Waals surface area (Å²) in [4.78, 5) is 15.9. The number of nitrogens with zero attached hydrogens (tertiary/aromatic N) is 2. The highest BCUT2D eigenvalue weighted by atomic mass is 32.2. The Hall–Kier alpha value is -2.95. The summed E-state index contributed by atoms with van der Waals surface area (Å²) in [7, 11) is -3.45. The second kappa shape index (κ2) is 9.04. The summed E-state index contributed by atoms with van der Waals surface area (Å²) in [5, 5.41) is 2.76. The van der Waals surface area contributed by atoms with E-state index in [-0.39, 0.29) is 12.6 Å². The van der Waals surface area contributed by atoms with Crippen molar-refractivity contribution in [1.82, 2.24) is 10.2 Å². The van der Waals surface area contributed by atoms with E-state index in [4.69, 9.17) is 0 Å². The minimum atomic E-state index is -4.40. The molecule has 0 spiro atoms. The van der Waals surface area contributed by atoms with E-state index in [1.54, 1.807) is 35.2 Å². The number of anilines is 2. The normalized spacial score (nSPS) is 15.0. The van der Waals surface area contributed by atoms with Gasteiger partial charge >= 0.3 is 12.2 Å². The van der Waals surface area contributed by atoms with Crippen molar-refractivity contribution in [3.8, 4) is 0 Å². The number of nitrogens with one attached hydrogen (secondary N) is 2. The van der Waals surface area contributed by atoms with Gasteiger partial charge in [-0.2, -0.15) is 13.2 Å². The largest absolute Gasteiger partial charge is 0.416 e. The average molecular weight is 456 g/mol. The number of benzene rings is 2. The number of amides is 2. The van der Waals surface area contributed by atoms with E-state index in [0.717, 1.165) is 18.4 Å². The van der Waals surface area contributed by atoms with Crippen LogP contribution in [-0.4, -0.2) is 51.8 Å². The van der Waals surface area contributed by atoms with Gasteiger partial charge in [0.25, 0.3) is 0 Å². The zero-order chi connectivity index (χ0) is 22.6. The first-order valence-electron chi connectivity index (χ1n) is 9.53. The predicted octanol–water partition coefficient (Wildman–Crippen LogP) is 3.11. The first kappa shape index (κ1) is 22.7. The molecule has 0 unspecified atom stereocenters. The third kappa shape index (κ3) is 6.27. The van der Waals surface area contributed by atoms with E-state index in [0.29, 0.717) is 43.1 Å². The molecule has 2 aromatic carbocycles. The Kier molecular flexibility index (Phi) is 6.63. The van der Waals surface area contributed by atoms with Crippen LogP contribution in [0, 0.1) is 0 Å². The maximum Gasteiger partial charge on any atom is 0.416 e. The monoisotopic (exact) mass is 456 g/mol. The van der Waals surface area contributed by atoms with Crippen molar-refractivity contribution >= 4 is 27.4 Å². The first-order valence-corrected chi connectivity index (χ1v) is 11.4. The number of sulfonamides is 1. The number of urea groups is 1. The van der Waals surface area contributed by atoms with Gasteiger partial charge in [-0.1, -0.05) is 24.3 Å². The van der Waals surface area contributed by atoms with E-state index >= 15 is 0 Å². The van der Waals surface area contributed by atoms with Crippen molar-refractivity contribution in [3.63, 3.8) is 0 Å². The second-order valence-electron chi connectivity index (χ2n) is 7.21. The smallest absolute Gasteiger partial charge is 0.368 e. The Morgan fingerprint density at radius 1 is 1.03 bits per heavy atom. The van der Waals surface area contributed by atoms with E-state index in [9.17, 15) is 26.4 Å². The predicted molar refractivity (Wildman–Crippen MR) is 112 cm³/mol. The van der Waals surface area contributed by atoms with Crippen molar-refractivity contribution in [2.45, 2.75) is 12.7 Å². The maximum absolute atomic E-state index is 12.9. The Balaban J connectivity index is 1.56. The molecule has 11 heteroatoms. The fourth-order valence-electron chi connectivity index (χ4n) is 3.30. The summed E-state index contributed by atoms with van der Waals surface area (Å²) in [5.41, 5.74) is 0.769. The lowest BCUT2D eigenvalue weighted by Crippen LogP contribution is -2.51. The molecule has 168 valence electrons. The number of carbonyl (C=O) groups is 1. The molecule has 0 saturated carbocycles. The highest BCUT2D eigenvalue weighted by Gasteiger charge is 2.31. The molecule has 3 rings (SSSR count). The van der Waals surface area contributed by atoms with E-state index in [1.165, 1.54) is 6.07 Å². The molecule has 1 heterocycles. The maximum atomic E-state index is 12.9. The SMILES string of the molecule is CS(=O)(=O)Nc1ccccc1CNC(=O)N1CCN(c2cccc(C(F)(F)F)c2)CC1. The summed E-state index contributed by atoms with van der Waals surface area (Å²) in [5.74, 6) is 0. The molecular formula is C20H23F3N4O3S. The van der Waals surface area contributed by atoms with Crippen LogP contribution in [0.2, 0.25) is 0 Å². The third-order valence-corrected chi connectivity index (χ3v) is 5.44. The van der Waals surface area contributed by atoms with Crippen molar-refractivity contribution in [2.24, 2.45) is 0 Å². The van der Waals surface area contributed by atoms with Crippen molar-refractivity contribution in [3.05, 3.63) is 59.7 Å². The minimum absolute atomic E-state index is 0.130. The number of piperazine rings is 1.